The number of hydrogen-bond donors (Lipinski definition) is 1. The molecule has 0 unspecified atom stereocenters. The molecule has 0 aromatic carbocycles. The molecule has 1 saturated carbocycles. The van der Waals surface area contributed by atoms with Gasteiger partial charge in [0.2, 0.25) is 0 Å². The van der Waals surface area contributed by atoms with Gasteiger partial charge in [-0.05, 0) is 29.1 Å². The topological polar surface area (TPSA) is 66.5 Å². The molecule has 1 heterocycles. The highest BCUT2D eigenvalue weighted by atomic mass is 32.2. The number of piperidine rings is 1. The lowest BCUT2D eigenvalue weighted by Crippen LogP contribution is -2.44. The fourth-order valence-corrected chi connectivity index (χ4v) is 4.20. The minimum absolute atomic E-state index is 0.00886. The van der Waals surface area contributed by atoms with Gasteiger partial charge in [-0.1, -0.05) is 27.7 Å². The van der Waals surface area contributed by atoms with E-state index in [2.05, 4.69) is 19.2 Å². The fraction of sp³-hybridized carbons (Fsp3) is 0.933. The second kappa shape index (κ2) is 5.14. The number of sulfone groups is 1. The van der Waals surface area contributed by atoms with Crippen LogP contribution in [0.3, 0.4) is 0 Å². The van der Waals surface area contributed by atoms with Gasteiger partial charge in [0.1, 0.15) is 9.84 Å². The van der Waals surface area contributed by atoms with E-state index in [1.807, 2.05) is 18.7 Å². The smallest absolute Gasteiger partial charge is 0.317 e. The maximum absolute atomic E-state index is 12.2. The standard InChI is InChI=1S/C15H28N2O3S/c1-14(2,6-7-21(5,19)20)10-16-13(18)17-8-11-12(9-17)15(11,3)4/h11-12H,6-10H2,1-5H3,(H,16,18)/t11-,12-/m1/s1. The van der Waals surface area contributed by atoms with Gasteiger partial charge in [0, 0.05) is 25.9 Å². The first-order chi connectivity index (χ1) is 9.42. The first-order valence-electron chi connectivity index (χ1n) is 7.63. The summed E-state index contributed by atoms with van der Waals surface area (Å²) in [6.07, 6.45) is 1.81. The Kier molecular flexibility index (Phi) is 4.06. The van der Waals surface area contributed by atoms with E-state index < -0.39 is 9.84 Å². The largest absolute Gasteiger partial charge is 0.337 e. The summed E-state index contributed by atoms with van der Waals surface area (Å²) >= 11 is 0. The number of carbonyl (C=O) groups is 1. The quantitative estimate of drug-likeness (QED) is 0.840. The van der Waals surface area contributed by atoms with Crippen LogP contribution >= 0.6 is 0 Å². The van der Waals surface area contributed by atoms with Crippen molar-refractivity contribution in [3.63, 3.8) is 0 Å². The van der Waals surface area contributed by atoms with Crippen LogP contribution < -0.4 is 5.32 Å². The van der Waals surface area contributed by atoms with Gasteiger partial charge >= 0.3 is 6.03 Å². The highest BCUT2D eigenvalue weighted by molar-refractivity contribution is 7.90. The normalized spacial score (nSPS) is 27.4. The lowest BCUT2D eigenvalue weighted by molar-refractivity contribution is 0.190. The molecule has 122 valence electrons. The van der Waals surface area contributed by atoms with E-state index in [0.717, 1.165) is 13.1 Å². The molecule has 2 aliphatic rings. The summed E-state index contributed by atoms with van der Waals surface area (Å²) in [6.45, 7) is 10.7. The van der Waals surface area contributed by atoms with Gasteiger partial charge < -0.3 is 10.2 Å². The Morgan fingerprint density at radius 2 is 1.81 bits per heavy atom. The molecular formula is C15H28N2O3S. The molecule has 1 N–H and O–H groups in total. The highest BCUT2D eigenvalue weighted by Gasteiger charge is 2.62. The van der Waals surface area contributed by atoms with Crippen LogP contribution in [-0.4, -0.2) is 51.0 Å². The molecule has 2 amide bonds. The van der Waals surface area contributed by atoms with Crippen molar-refractivity contribution in [3.8, 4) is 0 Å². The molecule has 5 nitrogen and oxygen atoms in total. The van der Waals surface area contributed by atoms with E-state index in [1.165, 1.54) is 6.26 Å². The number of carbonyl (C=O) groups excluding carboxylic acids is 1. The van der Waals surface area contributed by atoms with E-state index in [9.17, 15) is 13.2 Å². The number of rotatable bonds is 5. The number of amides is 2. The summed E-state index contributed by atoms with van der Waals surface area (Å²) in [4.78, 5) is 14.1. The van der Waals surface area contributed by atoms with Crippen LogP contribution in [-0.2, 0) is 9.84 Å². The zero-order valence-electron chi connectivity index (χ0n) is 13.8. The molecule has 0 aromatic rings. The van der Waals surface area contributed by atoms with Crippen LogP contribution in [0.15, 0.2) is 0 Å². The van der Waals surface area contributed by atoms with E-state index in [4.69, 9.17) is 0 Å². The van der Waals surface area contributed by atoms with E-state index in [1.54, 1.807) is 0 Å². The van der Waals surface area contributed by atoms with Gasteiger partial charge in [0.25, 0.3) is 0 Å². The van der Waals surface area contributed by atoms with Crippen molar-refractivity contribution < 1.29 is 13.2 Å². The maximum Gasteiger partial charge on any atom is 0.317 e. The molecule has 1 aliphatic carbocycles. The van der Waals surface area contributed by atoms with Crippen molar-refractivity contribution in [3.05, 3.63) is 0 Å². The molecule has 21 heavy (non-hydrogen) atoms. The third-order valence-electron chi connectivity index (χ3n) is 5.28. The Morgan fingerprint density at radius 1 is 1.29 bits per heavy atom. The summed E-state index contributed by atoms with van der Waals surface area (Å²) in [5, 5.41) is 2.96. The van der Waals surface area contributed by atoms with Gasteiger partial charge in [0.15, 0.2) is 0 Å². The molecule has 1 saturated heterocycles. The molecule has 2 fully saturated rings. The van der Waals surface area contributed by atoms with Gasteiger partial charge in [-0.15, -0.1) is 0 Å². The predicted octanol–water partition coefficient (Wildman–Crippen LogP) is 1.74. The zero-order chi connectivity index (χ0) is 16.1. The van der Waals surface area contributed by atoms with Crippen molar-refractivity contribution in [1.82, 2.24) is 10.2 Å². The van der Waals surface area contributed by atoms with E-state index in [-0.39, 0.29) is 17.2 Å². The fourth-order valence-electron chi connectivity index (χ4n) is 3.27. The second-order valence-corrected chi connectivity index (χ2v) is 10.4. The minimum Gasteiger partial charge on any atom is -0.337 e. The summed E-state index contributed by atoms with van der Waals surface area (Å²) in [7, 11) is -2.95. The minimum atomic E-state index is -2.95. The van der Waals surface area contributed by atoms with Crippen LogP contribution in [0.1, 0.15) is 34.1 Å². The number of nitrogens with zero attached hydrogens (tertiary/aromatic N) is 1. The van der Waals surface area contributed by atoms with Crippen molar-refractivity contribution in [2.24, 2.45) is 22.7 Å². The van der Waals surface area contributed by atoms with Crippen molar-refractivity contribution in [1.29, 1.82) is 0 Å². The first-order valence-corrected chi connectivity index (χ1v) is 9.69. The molecule has 2 rings (SSSR count). The van der Waals surface area contributed by atoms with Crippen LogP contribution in [0.25, 0.3) is 0 Å². The maximum atomic E-state index is 12.2. The third kappa shape index (κ3) is 3.90. The molecule has 0 bridgehead atoms. The SMILES string of the molecule is CC(C)(CCS(C)(=O)=O)CNC(=O)N1C[C@@H]2[C@@H](C1)C2(C)C. The molecule has 6 heteroatoms. The average Bonchev–Trinajstić information content (AvgIpc) is 2.75. The van der Waals surface area contributed by atoms with Crippen molar-refractivity contribution >= 4 is 15.9 Å². The van der Waals surface area contributed by atoms with Gasteiger partial charge in [-0.2, -0.15) is 0 Å². The third-order valence-corrected chi connectivity index (χ3v) is 6.22. The average molecular weight is 316 g/mol. The van der Waals surface area contributed by atoms with Crippen LogP contribution in [0.4, 0.5) is 4.79 Å². The molecule has 0 radical (unpaired) electrons. The number of likely N-dealkylation sites (tertiary alicyclic amines) is 1. The number of urea groups is 1. The van der Waals surface area contributed by atoms with Crippen LogP contribution in [0, 0.1) is 22.7 Å². The highest BCUT2D eigenvalue weighted by Crippen LogP contribution is 2.61. The zero-order valence-corrected chi connectivity index (χ0v) is 14.6. The Hall–Kier alpha value is -0.780. The summed E-state index contributed by atoms with van der Waals surface area (Å²) in [5.74, 6) is 1.47. The van der Waals surface area contributed by atoms with E-state index in [0.29, 0.717) is 30.2 Å². The monoisotopic (exact) mass is 316 g/mol. The second-order valence-electron chi connectivity index (χ2n) is 8.14. The summed E-state index contributed by atoms with van der Waals surface area (Å²) < 4.78 is 22.5. The number of fused-ring (bicyclic) bond motifs is 1. The predicted molar refractivity (Wildman–Crippen MR) is 83.8 cm³/mol. The Morgan fingerprint density at radius 3 is 2.29 bits per heavy atom. The Labute approximate surface area is 128 Å². The van der Waals surface area contributed by atoms with Gasteiger partial charge in [-0.25, -0.2) is 13.2 Å². The Bertz CT molecular complexity index is 511. The van der Waals surface area contributed by atoms with Gasteiger partial charge in [0.05, 0.1) is 5.75 Å². The number of nitrogens with one attached hydrogen (secondary N) is 1. The van der Waals surface area contributed by atoms with Crippen molar-refractivity contribution in [2.45, 2.75) is 34.1 Å². The summed E-state index contributed by atoms with van der Waals surface area (Å²) in [6, 6.07) is -0.00886. The molecule has 0 spiro atoms. The lowest BCUT2D eigenvalue weighted by Gasteiger charge is -2.28. The van der Waals surface area contributed by atoms with Gasteiger partial charge in [-0.3, -0.25) is 0 Å². The first kappa shape index (κ1) is 16.6. The lowest BCUT2D eigenvalue weighted by atomic mass is 9.90. The van der Waals surface area contributed by atoms with E-state index >= 15 is 0 Å². The molecule has 1 aliphatic heterocycles. The van der Waals surface area contributed by atoms with Crippen molar-refractivity contribution in [2.75, 3.05) is 31.6 Å². The number of hydrogen-bond acceptors (Lipinski definition) is 3. The molecule has 0 aromatic heterocycles. The van der Waals surface area contributed by atoms with Crippen LogP contribution in [0.2, 0.25) is 0 Å². The summed E-state index contributed by atoms with van der Waals surface area (Å²) in [5.41, 5.74) is 0.201. The molecule has 2 atom stereocenters. The molecular weight excluding hydrogens is 288 g/mol. The Balaban J connectivity index is 1.74. The van der Waals surface area contributed by atoms with Crippen LogP contribution in [0.5, 0.6) is 0 Å².